The number of hydrogen-bond acceptors (Lipinski definition) is 6. The third-order valence-electron chi connectivity index (χ3n) is 3.80. The molecule has 0 amide bonds. The van der Waals surface area contributed by atoms with Gasteiger partial charge in [-0.1, -0.05) is 29.8 Å². The third kappa shape index (κ3) is 5.88. The Labute approximate surface area is 158 Å². The highest BCUT2D eigenvalue weighted by Crippen LogP contribution is 2.21. The molecule has 0 bridgehead atoms. The van der Waals surface area contributed by atoms with E-state index in [0.29, 0.717) is 12.3 Å². The van der Waals surface area contributed by atoms with Gasteiger partial charge in [0, 0.05) is 5.69 Å². The second kappa shape index (κ2) is 9.43. The van der Waals surface area contributed by atoms with E-state index in [2.05, 4.69) is 20.9 Å². The van der Waals surface area contributed by atoms with Crippen LogP contribution in [0.2, 0.25) is 0 Å². The van der Waals surface area contributed by atoms with E-state index in [-0.39, 0.29) is 5.70 Å². The number of carbonyl (C=O) groups is 2. The summed E-state index contributed by atoms with van der Waals surface area (Å²) in [6.45, 7) is 4.40. The summed E-state index contributed by atoms with van der Waals surface area (Å²) in [5, 5.41) is 2.88. The van der Waals surface area contributed by atoms with Gasteiger partial charge in [-0.15, -0.1) is 0 Å². The molecule has 0 atom stereocenters. The van der Waals surface area contributed by atoms with Gasteiger partial charge < -0.3 is 19.5 Å². The minimum Gasteiger partial charge on any atom is -0.489 e. The maximum absolute atomic E-state index is 11.8. The number of aryl methyl sites for hydroxylation is 2. The summed E-state index contributed by atoms with van der Waals surface area (Å²) in [6, 6.07) is 13.4. The summed E-state index contributed by atoms with van der Waals surface area (Å²) in [6.07, 6.45) is 1.05. The maximum atomic E-state index is 11.8. The van der Waals surface area contributed by atoms with Crippen LogP contribution in [-0.4, -0.2) is 26.2 Å². The van der Waals surface area contributed by atoms with E-state index >= 15 is 0 Å². The highest BCUT2D eigenvalue weighted by Gasteiger charge is 2.13. The van der Waals surface area contributed by atoms with Crippen molar-refractivity contribution < 1.29 is 23.8 Å². The van der Waals surface area contributed by atoms with Crippen molar-refractivity contribution in [2.75, 3.05) is 19.5 Å². The fourth-order valence-electron chi connectivity index (χ4n) is 2.45. The molecular weight excluding hydrogens is 346 g/mol. The molecule has 6 nitrogen and oxygen atoms in total. The average Bonchev–Trinajstić information content (AvgIpc) is 2.66. The number of esters is 2. The van der Waals surface area contributed by atoms with Gasteiger partial charge in [0.25, 0.3) is 0 Å². The van der Waals surface area contributed by atoms with E-state index in [1.165, 1.54) is 19.8 Å². The smallest absolute Gasteiger partial charge is 0.354 e. The lowest BCUT2D eigenvalue weighted by Gasteiger charge is -2.12. The summed E-state index contributed by atoms with van der Waals surface area (Å²) in [5.41, 5.74) is 3.76. The Morgan fingerprint density at radius 3 is 2.48 bits per heavy atom. The molecule has 2 rings (SSSR count). The molecule has 0 heterocycles. The highest BCUT2D eigenvalue weighted by atomic mass is 16.5. The van der Waals surface area contributed by atoms with Crippen LogP contribution in [0.15, 0.2) is 54.2 Å². The molecule has 0 fully saturated rings. The third-order valence-corrected chi connectivity index (χ3v) is 3.80. The molecule has 0 saturated heterocycles. The standard InChI is InChI=1S/C21H23NO5/c1-14-8-9-19(15(2)10-14)27-13-16-6-5-7-17(11-16)22-18(21(24)26-4)12-20(23)25-3/h5-12,22H,13H2,1-4H3/b18-12+. The number of rotatable bonds is 7. The Hall–Kier alpha value is -3.28. The van der Waals surface area contributed by atoms with E-state index in [4.69, 9.17) is 4.74 Å². The van der Waals surface area contributed by atoms with Gasteiger partial charge in [0.15, 0.2) is 0 Å². The second-order valence-corrected chi connectivity index (χ2v) is 5.96. The SMILES string of the molecule is COC(=O)/C=C(/Nc1cccc(COc2ccc(C)cc2C)c1)C(=O)OC. The van der Waals surface area contributed by atoms with E-state index in [1.54, 1.807) is 6.07 Å². The lowest BCUT2D eigenvalue weighted by Crippen LogP contribution is -2.15. The maximum Gasteiger partial charge on any atom is 0.354 e. The van der Waals surface area contributed by atoms with Gasteiger partial charge in [-0.3, -0.25) is 0 Å². The molecule has 1 N–H and O–H groups in total. The molecule has 6 heteroatoms. The first-order chi connectivity index (χ1) is 12.9. The van der Waals surface area contributed by atoms with Crippen molar-refractivity contribution in [2.45, 2.75) is 20.5 Å². The molecule has 0 unspecified atom stereocenters. The van der Waals surface area contributed by atoms with Crippen molar-refractivity contribution >= 4 is 17.6 Å². The summed E-state index contributed by atoms with van der Waals surface area (Å²) in [5.74, 6) is -0.505. The summed E-state index contributed by atoms with van der Waals surface area (Å²) < 4.78 is 15.1. The zero-order valence-electron chi connectivity index (χ0n) is 15.9. The lowest BCUT2D eigenvalue weighted by molar-refractivity contribution is -0.138. The van der Waals surface area contributed by atoms with Crippen LogP contribution in [0.3, 0.4) is 0 Å². The molecule has 0 spiro atoms. The molecule has 27 heavy (non-hydrogen) atoms. The van der Waals surface area contributed by atoms with Crippen LogP contribution in [-0.2, 0) is 25.7 Å². The monoisotopic (exact) mass is 369 g/mol. The van der Waals surface area contributed by atoms with Crippen LogP contribution in [0, 0.1) is 13.8 Å². The Balaban J connectivity index is 2.12. The van der Waals surface area contributed by atoms with Crippen LogP contribution in [0.1, 0.15) is 16.7 Å². The first kappa shape index (κ1) is 20.0. The fraction of sp³-hybridized carbons (Fsp3) is 0.238. The molecule has 2 aromatic carbocycles. The van der Waals surface area contributed by atoms with Gasteiger partial charge in [-0.05, 0) is 43.2 Å². The number of anilines is 1. The van der Waals surface area contributed by atoms with Gasteiger partial charge in [0.1, 0.15) is 18.1 Å². The Kier molecular flexibility index (Phi) is 7.00. The summed E-state index contributed by atoms with van der Waals surface area (Å²) in [4.78, 5) is 23.3. The summed E-state index contributed by atoms with van der Waals surface area (Å²) in [7, 11) is 2.47. The molecule has 0 radical (unpaired) electrons. The van der Waals surface area contributed by atoms with E-state index in [0.717, 1.165) is 23.0 Å². The zero-order chi connectivity index (χ0) is 19.8. The van der Waals surface area contributed by atoms with Crippen molar-refractivity contribution in [1.82, 2.24) is 0 Å². The van der Waals surface area contributed by atoms with Crippen LogP contribution >= 0.6 is 0 Å². The van der Waals surface area contributed by atoms with Crippen molar-refractivity contribution in [3.8, 4) is 5.75 Å². The average molecular weight is 369 g/mol. The van der Waals surface area contributed by atoms with Gasteiger partial charge in [0.05, 0.1) is 20.3 Å². The van der Waals surface area contributed by atoms with Crippen LogP contribution in [0.25, 0.3) is 0 Å². The number of benzene rings is 2. The van der Waals surface area contributed by atoms with Gasteiger partial charge in [-0.25, -0.2) is 9.59 Å². The molecule has 0 aliphatic carbocycles. The quantitative estimate of drug-likeness (QED) is 0.595. The van der Waals surface area contributed by atoms with Crippen LogP contribution < -0.4 is 10.1 Å². The topological polar surface area (TPSA) is 73.9 Å². The van der Waals surface area contributed by atoms with Crippen molar-refractivity contribution in [3.63, 3.8) is 0 Å². The summed E-state index contributed by atoms with van der Waals surface area (Å²) >= 11 is 0. The molecule has 2 aromatic rings. The van der Waals surface area contributed by atoms with E-state index in [1.807, 2.05) is 44.2 Å². The number of methoxy groups -OCH3 is 2. The van der Waals surface area contributed by atoms with Gasteiger partial charge in [0.2, 0.25) is 0 Å². The van der Waals surface area contributed by atoms with Gasteiger partial charge >= 0.3 is 11.9 Å². The second-order valence-electron chi connectivity index (χ2n) is 5.96. The first-order valence-corrected chi connectivity index (χ1v) is 8.37. The number of hydrogen-bond donors (Lipinski definition) is 1. The predicted molar refractivity (Wildman–Crippen MR) is 102 cm³/mol. The minimum absolute atomic E-state index is 0.0169. The first-order valence-electron chi connectivity index (χ1n) is 8.37. The number of ether oxygens (including phenoxy) is 3. The minimum atomic E-state index is -0.669. The van der Waals surface area contributed by atoms with Crippen molar-refractivity contribution in [3.05, 3.63) is 70.9 Å². The Bertz CT molecular complexity index is 857. The molecule has 0 aliphatic rings. The van der Waals surface area contributed by atoms with Crippen molar-refractivity contribution in [2.24, 2.45) is 0 Å². The van der Waals surface area contributed by atoms with E-state index < -0.39 is 11.9 Å². The number of nitrogens with one attached hydrogen (secondary N) is 1. The molecule has 0 saturated carbocycles. The molecule has 0 aliphatic heterocycles. The highest BCUT2D eigenvalue weighted by molar-refractivity contribution is 5.98. The molecule has 0 aromatic heterocycles. The predicted octanol–water partition coefficient (Wildman–Crippen LogP) is 3.52. The molecule has 142 valence electrons. The fourth-order valence-corrected chi connectivity index (χ4v) is 2.45. The van der Waals surface area contributed by atoms with Gasteiger partial charge in [-0.2, -0.15) is 0 Å². The number of carbonyl (C=O) groups excluding carboxylic acids is 2. The normalized spacial score (nSPS) is 10.9. The Morgan fingerprint density at radius 2 is 1.81 bits per heavy atom. The van der Waals surface area contributed by atoms with E-state index in [9.17, 15) is 9.59 Å². The Morgan fingerprint density at radius 1 is 1.04 bits per heavy atom. The van der Waals surface area contributed by atoms with Crippen LogP contribution in [0.4, 0.5) is 5.69 Å². The molecular formula is C21H23NO5. The van der Waals surface area contributed by atoms with Crippen molar-refractivity contribution in [1.29, 1.82) is 0 Å². The lowest BCUT2D eigenvalue weighted by atomic mass is 10.1. The largest absolute Gasteiger partial charge is 0.489 e. The zero-order valence-corrected chi connectivity index (χ0v) is 15.9. The van der Waals surface area contributed by atoms with Crippen LogP contribution in [0.5, 0.6) is 5.75 Å².